The van der Waals surface area contributed by atoms with Gasteiger partial charge in [0.05, 0.1) is 12.2 Å². The third-order valence-corrected chi connectivity index (χ3v) is 5.38. The molecule has 2 atom stereocenters. The van der Waals surface area contributed by atoms with Crippen molar-refractivity contribution in [3.63, 3.8) is 0 Å². The molecule has 3 aromatic rings. The van der Waals surface area contributed by atoms with Crippen molar-refractivity contribution < 1.29 is 14.0 Å². The summed E-state index contributed by atoms with van der Waals surface area (Å²) < 4.78 is 5.83. The van der Waals surface area contributed by atoms with Gasteiger partial charge >= 0.3 is 0 Å². The van der Waals surface area contributed by atoms with Gasteiger partial charge in [-0.25, -0.2) is 9.88 Å². The van der Waals surface area contributed by atoms with Crippen LogP contribution >= 0.6 is 0 Å². The second kappa shape index (κ2) is 6.91. The highest BCUT2D eigenvalue weighted by Crippen LogP contribution is 2.33. The third-order valence-electron chi connectivity index (χ3n) is 5.38. The Morgan fingerprint density at radius 3 is 2.43 bits per heavy atom. The van der Waals surface area contributed by atoms with Crippen LogP contribution in [-0.4, -0.2) is 33.9 Å². The van der Waals surface area contributed by atoms with Gasteiger partial charge < -0.3 is 4.42 Å². The van der Waals surface area contributed by atoms with Crippen LogP contribution in [0.3, 0.4) is 0 Å². The number of oxazole rings is 1. The fourth-order valence-electron chi connectivity index (χ4n) is 3.73. The third kappa shape index (κ3) is 2.88. The molecular weight excluding hydrogens is 382 g/mol. The topological polar surface area (TPSA) is 91.4 Å². The minimum atomic E-state index is -0.832. The van der Waals surface area contributed by atoms with E-state index in [0.29, 0.717) is 23.0 Å². The highest BCUT2D eigenvalue weighted by atomic mass is 16.4. The smallest absolute Gasteiger partial charge is 0.263 e. The van der Waals surface area contributed by atoms with Crippen LogP contribution in [0.5, 0.6) is 0 Å². The predicted octanol–water partition coefficient (Wildman–Crippen LogP) is 3.45. The number of hydrogen-bond acceptors (Lipinski definition) is 7. The average molecular weight is 401 g/mol. The highest BCUT2D eigenvalue weighted by molar-refractivity contribution is 6.25. The Labute approximate surface area is 172 Å². The van der Waals surface area contributed by atoms with Gasteiger partial charge in [0.2, 0.25) is 5.89 Å². The number of amides is 2. The molecule has 5 rings (SSSR count). The summed E-state index contributed by atoms with van der Waals surface area (Å²) in [4.78, 5) is 31.6. The minimum Gasteiger partial charge on any atom is -0.441 e. The van der Waals surface area contributed by atoms with Crippen LogP contribution in [-0.2, 0) is 16.1 Å². The lowest BCUT2D eigenvalue weighted by molar-refractivity contribution is -0.123. The van der Waals surface area contributed by atoms with Gasteiger partial charge in [0, 0.05) is 5.56 Å². The zero-order valence-electron chi connectivity index (χ0n) is 16.5. The summed E-state index contributed by atoms with van der Waals surface area (Å²) in [6.07, 6.45) is 0. The molecule has 2 aliphatic heterocycles. The normalized spacial score (nSPS) is 20.3. The summed E-state index contributed by atoms with van der Waals surface area (Å²) >= 11 is 0. The average Bonchev–Trinajstić information content (AvgIpc) is 3.40. The Bertz CT molecular complexity index is 1150. The zero-order chi connectivity index (χ0) is 20.8. The largest absolute Gasteiger partial charge is 0.441 e. The summed E-state index contributed by atoms with van der Waals surface area (Å²) in [7, 11) is 0. The lowest BCUT2D eigenvalue weighted by Gasteiger charge is -2.19. The zero-order valence-corrected chi connectivity index (χ0v) is 16.5. The Morgan fingerprint density at radius 2 is 1.70 bits per heavy atom. The maximum absolute atomic E-state index is 13.0. The first kappa shape index (κ1) is 18.2. The van der Waals surface area contributed by atoms with E-state index in [4.69, 9.17) is 4.42 Å². The van der Waals surface area contributed by atoms with Crippen molar-refractivity contribution >= 4 is 17.5 Å². The van der Waals surface area contributed by atoms with Crippen LogP contribution in [0.25, 0.3) is 11.5 Å². The summed E-state index contributed by atoms with van der Waals surface area (Å²) in [5.74, 6) is 0.455. The second-order valence-electron chi connectivity index (χ2n) is 7.43. The van der Waals surface area contributed by atoms with Crippen molar-refractivity contribution in [2.45, 2.75) is 32.5 Å². The van der Waals surface area contributed by atoms with E-state index in [-0.39, 0.29) is 18.4 Å². The monoisotopic (exact) mass is 401 g/mol. The number of carbonyl (C=O) groups is 2. The molecule has 0 radical (unpaired) electrons. The summed E-state index contributed by atoms with van der Waals surface area (Å²) in [6.45, 7) is 4.07. The molecule has 2 aliphatic rings. The molecule has 0 N–H and O–H groups in total. The van der Waals surface area contributed by atoms with Crippen LogP contribution in [0, 0.1) is 13.8 Å². The molecule has 30 heavy (non-hydrogen) atoms. The number of benzene rings is 2. The molecule has 1 aromatic heterocycles. The molecule has 2 amide bonds. The highest BCUT2D eigenvalue weighted by Gasteiger charge is 2.54. The van der Waals surface area contributed by atoms with Gasteiger partial charge in [-0.05, 0) is 38.1 Å². The van der Waals surface area contributed by atoms with Crippen LogP contribution in [0.4, 0.5) is 5.69 Å². The molecule has 0 saturated carbocycles. The van der Waals surface area contributed by atoms with Gasteiger partial charge in [-0.1, -0.05) is 41.1 Å². The molecule has 3 heterocycles. The molecule has 0 spiro atoms. The number of carbonyl (C=O) groups excluding carboxylic acids is 2. The fourth-order valence-corrected chi connectivity index (χ4v) is 3.73. The van der Waals surface area contributed by atoms with Crippen LogP contribution < -0.4 is 4.90 Å². The van der Waals surface area contributed by atoms with Gasteiger partial charge in [-0.15, -0.1) is 0 Å². The predicted molar refractivity (Wildman–Crippen MR) is 108 cm³/mol. The lowest BCUT2D eigenvalue weighted by atomic mass is 10.1. The first-order valence-electron chi connectivity index (χ1n) is 9.66. The number of aromatic nitrogens is 1. The van der Waals surface area contributed by atoms with E-state index < -0.39 is 12.1 Å². The van der Waals surface area contributed by atoms with E-state index >= 15 is 0 Å². The molecule has 0 aliphatic carbocycles. The quantitative estimate of drug-likeness (QED) is 0.625. The van der Waals surface area contributed by atoms with E-state index in [0.717, 1.165) is 11.1 Å². The maximum atomic E-state index is 13.0. The standard InChI is InChI=1S/C22H19N5O3/c1-13-8-10-15(11-9-13)20-23-17(14(2)30-20)12-26-19-18(24-25-26)21(28)27(22(19)29)16-6-4-3-5-7-16/h3-11,18-19H,12H2,1-2H3. The molecule has 8 heteroatoms. The minimum absolute atomic E-state index is 0.230. The molecule has 1 saturated heterocycles. The summed E-state index contributed by atoms with van der Waals surface area (Å²) in [6, 6.07) is 15.2. The molecule has 1 fully saturated rings. The molecule has 0 bridgehead atoms. The lowest BCUT2D eigenvalue weighted by Crippen LogP contribution is -2.39. The van der Waals surface area contributed by atoms with Crippen LogP contribution in [0.2, 0.25) is 0 Å². The molecule has 150 valence electrons. The number of fused-ring (bicyclic) bond motifs is 1. The fraction of sp³-hybridized carbons (Fsp3) is 0.227. The van der Waals surface area contributed by atoms with Crippen molar-refractivity contribution in [3.05, 3.63) is 71.6 Å². The van der Waals surface area contributed by atoms with E-state index in [9.17, 15) is 9.59 Å². The Balaban J connectivity index is 1.39. The number of rotatable bonds is 4. The van der Waals surface area contributed by atoms with Crippen molar-refractivity contribution in [1.82, 2.24) is 9.99 Å². The van der Waals surface area contributed by atoms with Crippen LogP contribution in [0.15, 0.2) is 69.4 Å². The van der Waals surface area contributed by atoms with E-state index in [1.807, 2.05) is 44.2 Å². The summed E-state index contributed by atoms with van der Waals surface area (Å²) in [5.41, 5.74) is 3.22. The van der Waals surface area contributed by atoms with Gasteiger partial charge in [0.15, 0.2) is 12.1 Å². The molecule has 8 nitrogen and oxygen atoms in total. The Kier molecular flexibility index (Phi) is 4.20. The van der Waals surface area contributed by atoms with Gasteiger partial charge in [0.25, 0.3) is 11.8 Å². The molecular formula is C22H19N5O3. The molecule has 2 unspecified atom stereocenters. The number of nitrogens with zero attached hydrogens (tertiary/aromatic N) is 5. The van der Waals surface area contributed by atoms with Crippen LogP contribution in [0.1, 0.15) is 17.0 Å². The SMILES string of the molecule is Cc1ccc(-c2nc(CN3N=NC4C(=O)N(c5ccccc5)C(=O)C43)c(C)o2)cc1. The van der Waals surface area contributed by atoms with Gasteiger partial charge in [-0.3, -0.25) is 14.6 Å². The van der Waals surface area contributed by atoms with Gasteiger partial charge in [0.1, 0.15) is 11.5 Å². The maximum Gasteiger partial charge on any atom is 0.263 e. The van der Waals surface area contributed by atoms with Crippen molar-refractivity contribution in [2.75, 3.05) is 4.90 Å². The number of aryl methyl sites for hydroxylation is 2. The first-order chi connectivity index (χ1) is 14.5. The Hall–Kier alpha value is -3.81. The number of para-hydroxylation sites is 1. The van der Waals surface area contributed by atoms with Crippen molar-refractivity contribution in [3.8, 4) is 11.5 Å². The number of imide groups is 1. The molecule has 2 aromatic carbocycles. The van der Waals surface area contributed by atoms with E-state index in [2.05, 4.69) is 15.3 Å². The number of hydrogen-bond donors (Lipinski definition) is 0. The second-order valence-corrected chi connectivity index (χ2v) is 7.43. The number of anilines is 1. The van der Waals surface area contributed by atoms with Crippen molar-refractivity contribution in [2.24, 2.45) is 10.3 Å². The van der Waals surface area contributed by atoms with E-state index in [1.54, 1.807) is 24.3 Å². The van der Waals surface area contributed by atoms with E-state index in [1.165, 1.54) is 9.91 Å². The van der Waals surface area contributed by atoms with Crippen molar-refractivity contribution in [1.29, 1.82) is 0 Å². The summed E-state index contributed by atoms with van der Waals surface area (Å²) in [5, 5.41) is 9.68. The first-order valence-corrected chi connectivity index (χ1v) is 9.66. The van der Waals surface area contributed by atoms with Gasteiger partial charge in [-0.2, -0.15) is 5.11 Å². The Morgan fingerprint density at radius 1 is 0.967 bits per heavy atom.